The molecule has 0 aromatic heterocycles. The molecular formula is C33H53N3O. The number of nitrogens with one attached hydrogen (secondary N) is 2. The van der Waals surface area contributed by atoms with Gasteiger partial charge < -0.3 is 20.6 Å². The third kappa shape index (κ3) is 9.51. The number of likely N-dealkylation sites (tertiary alicyclic amines) is 1. The molecule has 1 saturated heterocycles. The van der Waals surface area contributed by atoms with Crippen LogP contribution in [0.15, 0.2) is 48.5 Å². The summed E-state index contributed by atoms with van der Waals surface area (Å²) in [5, 5.41) is 16.6. The Morgan fingerprint density at radius 3 is 2.35 bits per heavy atom. The predicted molar refractivity (Wildman–Crippen MR) is 158 cm³/mol. The van der Waals surface area contributed by atoms with Gasteiger partial charge in [-0.05, 0) is 78.7 Å². The van der Waals surface area contributed by atoms with E-state index in [1.54, 1.807) is 0 Å². The average Bonchev–Trinajstić information content (AvgIpc) is 2.91. The summed E-state index contributed by atoms with van der Waals surface area (Å²) in [6, 6.07) is 19.4. The number of aryl methyl sites for hydroxylation is 1. The Kier molecular flexibility index (Phi) is 12.6. The minimum Gasteiger partial charge on any atom is -0.395 e. The van der Waals surface area contributed by atoms with Crippen LogP contribution in [-0.4, -0.2) is 55.4 Å². The van der Waals surface area contributed by atoms with Gasteiger partial charge in [-0.1, -0.05) is 83.1 Å². The fraction of sp³-hybridized carbons (Fsp3) is 0.636. The van der Waals surface area contributed by atoms with Crippen LogP contribution in [0.3, 0.4) is 0 Å². The SMILES string of the molecule is CCC(CCc1cccc(C(C)C)c1)NC(c1cccc(C(C)C)c1)C1CCCN(CCNCCO)C1. The maximum Gasteiger partial charge on any atom is 0.0555 e. The van der Waals surface area contributed by atoms with E-state index in [0.717, 1.165) is 32.5 Å². The maximum atomic E-state index is 9.08. The highest BCUT2D eigenvalue weighted by Crippen LogP contribution is 2.32. The minimum absolute atomic E-state index is 0.209. The molecule has 3 atom stereocenters. The van der Waals surface area contributed by atoms with E-state index in [-0.39, 0.29) is 6.61 Å². The van der Waals surface area contributed by atoms with Crippen LogP contribution < -0.4 is 10.6 Å². The molecule has 2 aromatic rings. The highest BCUT2D eigenvalue weighted by atomic mass is 16.3. The fourth-order valence-electron chi connectivity index (χ4n) is 5.73. The molecule has 0 aliphatic carbocycles. The summed E-state index contributed by atoms with van der Waals surface area (Å²) in [5.41, 5.74) is 5.79. The van der Waals surface area contributed by atoms with Gasteiger partial charge in [0.25, 0.3) is 0 Å². The monoisotopic (exact) mass is 507 g/mol. The topological polar surface area (TPSA) is 47.5 Å². The molecular weight excluding hydrogens is 454 g/mol. The van der Waals surface area contributed by atoms with Crippen LogP contribution in [0.5, 0.6) is 0 Å². The van der Waals surface area contributed by atoms with E-state index in [2.05, 4.69) is 98.7 Å². The second-order valence-electron chi connectivity index (χ2n) is 11.7. The van der Waals surface area contributed by atoms with Gasteiger partial charge >= 0.3 is 0 Å². The van der Waals surface area contributed by atoms with Gasteiger partial charge in [0, 0.05) is 38.3 Å². The number of benzene rings is 2. The molecule has 3 rings (SSSR count). The molecule has 0 spiro atoms. The first kappa shape index (κ1) is 29.8. The molecule has 4 heteroatoms. The molecule has 1 aliphatic heterocycles. The van der Waals surface area contributed by atoms with Gasteiger partial charge in [-0.3, -0.25) is 0 Å². The van der Waals surface area contributed by atoms with Crippen LogP contribution in [-0.2, 0) is 6.42 Å². The second kappa shape index (κ2) is 15.6. The highest BCUT2D eigenvalue weighted by Gasteiger charge is 2.30. The standard InChI is InChI=1S/C33H53N3O/c1-6-32(16-15-27-10-7-11-28(22-27)25(2)3)35-33(30-13-8-12-29(23-30)26(4)5)31-14-9-19-36(24-31)20-17-34-18-21-37/h7-8,10-13,22-23,25-26,31-35,37H,6,9,14-21,24H2,1-5H3. The Labute approximate surface area is 227 Å². The molecule has 0 saturated carbocycles. The van der Waals surface area contributed by atoms with E-state index in [4.69, 9.17) is 5.11 Å². The number of hydrogen-bond donors (Lipinski definition) is 3. The van der Waals surface area contributed by atoms with Crippen molar-refractivity contribution in [2.24, 2.45) is 5.92 Å². The Bertz CT molecular complexity index is 912. The first-order chi connectivity index (χ1) is 17.9. The first-order valence-corrected chi connectivity index (χ1v) is 14.9. The molecule has 0 radical (unpaired) electrons. The van der Waals surface area contributed by atoms with E-state index in [1.807, 2.05) is 0 Å². The number of aliphatic hydroxyl groups excluding tert-OH is 1. The summed E-state index contributed by atoms with van der Waals surface area (Å²) in [6.07, 6.45) is 5.96. The number of hydrogen-bond acceptors (Lipinski definition) is 4. The number of piperidine rings is 1. The zero-order chi connectivity index (χ0) is 26.6. The van der Waals surface area contributed by atoms with Crippen molar-refractivity contribution in [3.8, 4) is 0 Å². The van der Waals surface area contributed by atoms with Crippen molar-refractivity contribution in [1.82, 2.24) is 15.5 Å². The Hall–Kier alpha value is -1.72. The Balaban J connectivity index is 1.74. The van der Waals surface area contributed by atoms with Gasteiger partial charge in [-0.2, -0.15) is 0 Å². The largest absolute Gasteiger partial charge is 0.395 e. The van der Waals surface area contributed by atoms with Gasteiger partial charge in [0.15, 0.2) is 0 Å². The summed E-state index contributed by atoms with van der Waals surface area (Å²) in [5.74, 6) is 1.72. The van der Waals surface area contributed by atoms with Crippen LogP contribution in [0.2, 0.25) is 0 Å². The lowest BCUT2D eigenvalue weighted by atomic mass is 9.84. The number of nitrogens with zero attached hydrogens (tertiary/aromatic N) is 1. The summed E-state index contributed by atoms with van der Waals surface area (Å²) < 4.78 is 0. The molecule has 1 heterocycles. The van der Waals surface area contributed by atoms with Crippen LogP contribution in [0.4, 0.5) is 0 Å². The first-order valence-electron chi connectivity index (χ1n) is 14.9. The van der Waals surface area contributed by atoms with E-state index in [9.17, 15) is 0 Å². The minimum atomic E-state index is 0.209. The van der Waals surface area contributed by atoms with Crippen LogP contribution in [0.1, 0.15) is 100 Å². The van der Waals surface area contributed by atoms with Crippen LogP contribution in [0, 0.1) is 5.92 Å². The summed E-state index contributed by atoms with van der Waals surface area (Å²) in [6.45, 7) is 16.7. The number of aliphatic hydroxyl groups is 1. The van der Waals surface area contributed by atoms with Crippen molar-refractivity contribution in [3.63, 3.8) is 0 Å². The summed E-state index contributed by atoms with van der Waals surface area (Å²) in [4.78, 5) is 2.62. The van der Waals surface area contributed by atoms with Crippen molar-refractivity contribution >= 4 is 0 Å². The lowest BCUT2D eigenvalue weighted by Crippen LogP contribution is -2.45. The van der Waals surface area contributed by atoms with E-state index < -0.39 is 0 Å². The fourth-order valence-corrected chi connectivity index (χ4v) is 5.73. The van der Waals surface area contributed by atoms with Crippen molar-refractivity contribution in [1.29, 1.82) is 0 Å². The molecule has 1 fully saturated rings. The van der Waals surface area contributed by atoms with Crippen LogP contribution >= 0.6 is 0 Å². The van der Waals surface area contributed by atoms with Crippen molar-refractivity contribution in [2.45, 2.75) is 90.6 Å². The van der Waals surface area contributed by atoms with E-state index >= 15 is 0 Å². The van der Waals surface area contributed by atoms with Crippen molar-refractivity contribution in [3.05, 3.63) is 70.8 Å². The normalized spacial score (nSPS) is 18.4. The third-order valence-electron chi connectivity index (χ3n) is 8.15. The van der Waals surface area contributed by atoms with E-state index in [1.165, 1.54) is 48.1 Å². The lowest BCUT2D eigenvalue weighted by Gasteiger charge is -2.39. The van der Waals surface area contributed by atoms with Crippen LogP contribution in [0.25, 0.3) is 0 Å². The van der Waals surface area contributed by atoms with E-state index in [0.29, 0.717) is 36.4 Å². The van der Waals surface area contributed by atoms with Gasteiger partial charge in [0.2, 0.25) is 0 Å². The molecule has 0 amide bonds. The molecule has 2 aromatic carbocycles. The van der Waals surface area contributed by atoms with Gasteiger partial charge in [-0.15, -0.1) is 0 Å². The zero-order valence-corrected chi connectivity index (χ0v) is 24.2. The quantitative estimate of drug-likeness (QED) is 0.249. The smallest absolute Gasteiger partial charge is 0.0555 e. The predicted octanol–water partition coefficient (Wildman–Crippen LogP) is 6.27. The summed E-state index contributed by atoms with van der Waals surface area (Å²) in [7, 11) is 0. The molecule has 1 aliphatic rings. The van der Waals surface area contributed by atoms with Gasteiger partial charge in [0.05, 0.1) is 6.61 Å². The molecule has 37 heavy (non-hydrogen) atoms. The van der Waals surface area contributed by atoms with Crippen molar-refractivity contribution in [2.75, 3.05) is 39.3 Å². The Morgan fingerprint density at radius 2 is 1.65 bits per heavy atom. The maximum absolute atomic E-state index is 9.08. The second-order valence-corrected chi connectivity index (χ2v) is 11.7. The number of rotatable bonds is 15. The lowest BCUT2D eigenvalue weighted by molar-refractivity contribution is 0.140. The zero-order valence-electron chi connectivity index (χ0n) is 24.2. The van der Waals surface area contributed by atoms with Gasteiger partial charge in [0.1, 0.15) is 0 Å². The summed E-state index contributed by atoms with van der Waals surface area (Å²) >= 11 is 0. The highest BCUT2D eigenvalue weighted by molar-refractivity contribution is 5.29. The average molecular weight is 508 g/mol. The Morgan fingerprint density at radius 1 is 0.946 bits per heavy atom. The molecule has 4 nitrogen and oxygen atoms in total. The molecule has 206 valence electrons. The molecule has 3 N–H and O–H groups in total. The van der Waals surface area contributed by atoms with Crippen molar-refractivity contribution < 1.29 is 5.11 Å². The third-order valence-corrected chi connectivity index (χ3v) is 8.15. The molecule has 0 bridgehead atoms. The van der Waals surface area contributed by atoms with Gasteiger partial charge in [-0.25, -0.2) is 0 Å². The molecule has 3 unspecified atom stereocenters.